The summed E-state index contributed by atoms with van der Waals surface area (Å²) in [6.07, 6.45) is -2.43. The summed E-state index contributed by atoms with van der Waals surface area (Å²) in [5, 5.41) is 0. The molecule has 2 rings (SSSR count). The maximum atomic E-state index is 12.8. The Kier molecular flexibility index (Phi) is 5.31. The van der Waals surface area contributed by atoms with E-state index in [1.54, 1.807) is 6.07 Å². The summed E-state index contributed by atoms with van der Waals surface area (Å²) in [4.78, 5) is 8.16. The largest absolute Gasteiger partial charge is 0.416 e. The first kappa shape index (κ1) is 18.0. The van der Waals surface area contributed by atoms with Crippen LogP contribution in [0.4, 0.5) is 24.9 Å². The lowest BCUT2D eigenvalue weighted by molar-refractivity contribution is -0.137. The van der Waals surface area contributed by atoms with Crippen molar-refractivity contribution in [2.24, 2.45) is 0 Å². The average Bonchev–Trinajstić information content (AvgIpc) is 2.52. The second-order valence-corrected chi connectivity index (χ2v) is 5.81. The van der Waals surface area contributed by atoms with Crippen LogP contribution in [0.25, 0.3) is 0 Å². The maximum absolute atomic E-state index is 12.8. The lowest BCUT2D eigenvalue weighted by Gasteiger charge is -2.16. The van der Waals surface area contributed by atoms with Gasteiger partial charge in [0.2, 0.25) is 5.95 Å². The number of hydrogen-bond donors (Lipinski definition) is 2. The van der Waals surface area contributed by atoms with Crippen molar-refractivity contribution in [1.29, 1.82) is 0 Å². The molecule has 7 heteroatoms. The Hall–Kier alpha value is -2.31. The molecule has 0 amide bonds. The third-order valence-corrected chi connectivity index (χ3v) is 4.09. The minimum absolute atomic E-state index is 0.0473. The predicted octanol–water partition coefficient (Wildman–Crippen LogP) is 3.96. The Morgan fingerprint density at radius 1 is 1.17 bits per heavy atom. The van der Waals surface area contributed by atoms with E-state index in [0.29, 0.717) is 30.6 Å². The molecule has 0 saturated carbocycles. The summed E-state index contributed by atoms with van der Waals surface area (Å²) >= 11 is 0. The van der Waals surface area contributed by atoms with Crippen LogP contribution >= 0.6 is 0 Å². The van der Waals surface area contributed by atoms with Crippen molar-refractivity contribution in [3.63, 3.8) is 0 Å². The summed E-state index contributed by atoms with van der Waals surface area (Å²) in [7, 11) is 0. The van der Waals surface area contributed by atoms with Crippen LogP contribution in [0.3, 0.4) is 0 Å². The molecule has 0 aliphatic heterocycles. The van der Waals surface area contributed by atoms with Crippen molar-refractivity contribution in [2.75, 3.05) is 11.5 Å². The molecule has 4 nitrogen and oxygen atoms in total. The van der Waals surface area contributed by atoms with Crippen molar-refractivity contribution in [3.8, 4) is 0 Å². The molecule has 0 spiro atoms. The fourth-order valence-corrected chi connectivity index (χ4v) is 2.68. The van der Waals surface area contributed by atoms with Crippen LogP contribution in [0.5, 0.6) is 0 Å². The third-order valence-electron chi connectivity index (χ3n) is 4.09. The summed E-state index contributed by atoms with van der Waals surface area (Å²) < 4.78 is 38.5. The van der Waals surface area contributed by atoms with Gasteiger partial charge in [0.25, 0.3) is 0 Å². The topological polar surface area (TPSA) is 77.8 Å². The molecule has 1 aromatic heterocycles. The third kappa shape index (κ3) is 4.15. The summed E-state index contributed by atoms with van der Waals surface area (Å²) in [6.45, 7) is 3.84. The van der Waals surface area contributed by atoms with E-state index in [1.807, 2.05) is 13.8 Å². The number of anilines is 2. The van der Waals surface area contributed by atoms with Crippen molar-refractivity contribution in [1.82, 2.24) is 9.97 Å². The van der Waals surface area contributed by atoms with Gasteiger partial charge in [-0.15, -0.1) is 0 Å². The Labute approximate surface area is 139 Å². The first-order valence-electron chi connectivity index (χ1n) is 7.80. The molecule has 2 aromatic rings. The Morgan fingerprint density at radius 2 is 1.88 bits per heavy atom. The molecule has 1 unspecified atom stereocenters. The van der Waals surface area contributed by atoms with E-state index in [9.17, 15) is 13.2 Å². The zero-order valence-electron chi connectivity index (χ0n) is 13.7. The Bertz CT molecular complexity index is 713. The van der Waals surface area contributed by atoms with E-state index in [4.69, 9.17) is 11.5 Å². The number of nitrogens with zero attached hydrogens (tertiary/aromatic N) is 2. The number of nitrogen functional groups attached to an aromatic ring is 2. The normalized spacial score (nSPS) is 13.0. The second kappa shape index (κ2) is 7.07. The molecule has 1 heterocycles. The number of alkyl halides is 3. The standard InChI is InChI=1S/C17H21F3N4/c1-3-14-13(15(21)24-16(22)23-14)8-7-10(2)11-5-4-6-12(9-11)17(18,19)20/h4-6,9-10H,3,7-8H2,1-2H3,(H4,21,22,23,24). The number of aromatic nitrogens is 2. The molecule has 0 saturated heterocycles. The van der Waals surface area contributed by atoms with Crippen LogP contribution in [0.1, 0.15) is 48.6 Å². The van der Waals surface area contributed by atoms with Gasteiger partial charge in [-0.25, -0.2) is 4.98 Å². The van der Waals surface area contributed by atoms with Gasteiger partial charge in [-0.3, -0.25) is 0 Å². The molecule has 0 aliphatic rings. The van der Waals surface area contributed by atoms with Gasteiger partial charge in [0, 0.05) is 5.56 Å². The van der Waals surface area contributed by atoms with E-state index in [2.05, 4.69) is 9.97 Å². The summed E-state index contributed by atoms with van der Waals surface area (Å²) in [5.74, 6) is 0.434. The minimum Gasteiger partial charge on any atom is -0.383 e. The summed E-state index contributed by atoms with van der Waals surface area (Å²) in [6, 6.07) is 5.43. The molecule has 0 bridgehead atoms. The first-order chi connectivity index (χ1) is 11.2. The van der Waals surface area contributed by atoms with Crippen LogP contribution in [0.15, 0.2) is 24.3 Å². The molecular formula is C17H21F3N4. The molecule has 0 fully saturated rings. The minimum atomic E-state index is -4.33. The van der Waals surface area contributed by atoms with Gasteiger partial charge >= 0.3 is 6.18 Å². The molecule has 0 radical (unpaired) electrons. The van der Waals surface area contributed by atoms with Gasteiger partial charge in [-0.2, -0.15) is 18.2 Å². The van der Waals surface area contributed by atoms with Crippen LogP contribution in [-0.4, -0.2) is 9.97 Å². The highest BCUT2D eigenvalue weighted by molar-refractivity contribution is 5.46. The zero-order valence-corrected chi connectivity index (χ0v) is 13.7. The van der Waals surface area contributed by atoms with Gasteiger partial charge in [-0.05, 0) is 36.8 Å². The van der Waals surface area contributed by atoms with Gasteiger partial charge < -0.3 is 11.5 Å². The predicted molar refractivity (Wildman–Crippen MR) is 88.4 cm³/mol. The summed E-state index contributed by atoms with van der Waals surface area (Å²) in [5.41, 5.74) is 13.2. The Balaban J connectivity index is 2.16. The zero-order chi connectivity index (χ0) is 17.9. The molecule has 24 heavy (non-hydrogen) atoms. The van der Waals surface area contributed by atoms with Gasteiger partial charge in [0.05, 0.1) is 11.3 Å². The highest BCUT2D eigenvalue weighted by Gasteiger charge is 2.30. The molecule has 4 N–H and O–H groups in total. The number of nitrogens with two attached hydrogens (primary N) is 2. The smallest absolute Gasteiger partial charge is 0.383 e. The quantitative estimate of drug-likeness (QED) is 0.865. The number of aryl methyl sites for hydroxylation is 1. The van der Waals surface area contributed by atoms with Crippen LogP contribution in [-0.2, 0) is 19.0 Å². The number of benzene rings is 1. The van der Waals surface area contributed by atoms with Crippen molar-refractivity contribution < 1.29 is 13.2 Å². The van der Waals surface area contributed by atoms with E-state index in [1.165, 1.54) is 12.1 Å². The number of halogens is 3. The molecule has 1 atom stereocenters. The van der Waals surface area contributed by atoms with Gasteiger partial charge in [0.1, 0.15) is 5.82 Å². The van der Waals surface area contributed by atoms with Gasteiger partial charge in [-0.1, -0.05) is 32.0 Å². The monoisotopic (exact) mass is 338 g/mol. The molecule has 0 aliphatic carbocycles. The fourth-order valence-electron chi connectivity index (χ4n) is 2.68. The van der Waals surface area contributed by atoms with Crippen LogP contribution in [0.2, 0.25) is 0 Å². The van der Waals surface area contributed by atoms with Crippen LogP contribution < -0.4 is 11.5 Å². The average molecular weight is 338 g/mol. The number of rotatable bonds is 5. The first-order valence-corrected chi connectivity index (χ1v) is 7.80. The van der Waals surface area contributed by atoms with E-state index in [-0.39, 0.29) is 11.9 Å². The lowest BCUT2D eigenvalue weighted by atomic mass is 9.92. The highest BCUT2D eigenvalue weighted by Crippen LogP contribution is 2.32. The number of hydrogen-bond acceptors (Lipinski definition) is 4. The van der Waals surface area contributed by atoms with Crippen molar-refractivity contribution in [3.05, 3.63) is 46.6 Å². The van der Waals surface area contributed by atoms with Gasteiger partial charge in [0.15, 0.2) is 0 Å². The SMILES string of the molecule is CCc1nc(N)nc(N)c1CCC(C)c1cccc(C(F)(F)F)c1. The van der Waals surface area contributed by atoms with E-state index >= 15 is 0 Å². The van der Waals surface area contributed by atoms with Crippen molar-refractivity contribution >= 4 is 11.8 Å². The van der Waals surface area contributed by atoms with Crippen molar-refractivity contribution in [2.45, 2.75) is 45.2 Å². The molecular weight excluding hydrogens is 317 g/mol. The van der Waals surface area contributed by atoms with Crippen LogP contribution in [0, 0.1) is 0 Å². The van der Waals surface area contributed by atoms with E-state index < -0.39 is 11.7 Å². The van der Waals surface area contributed by atoms with E-state index in [0.717, 1.165) is 17.3 Å². The maximum Gasteiger partial charge on any atom is 0.416 e. The lowest BCUT2D eigenvalue weighted by Crippen LogP contribution is -2.10. The molecule has 130 valence electrons. The Morgan fingerprint density at radius 3 is 2.50 bits per heavy atom. The molecule has 1 aromatic carbocycles. The second-order valence-electron chi connectivity index (χ2n) is 5.81. The highest BCUT2D eigenvalue weighted by atomic mass is 19.4. The fraction of sp³-hybridized carbons (Fsp3) is 0.412.